The lowest BCUT2D eigenvalue weighted by molar-refractivity contribution is -0.136. The Bertz CT molecular complexity index is 1180. The van der Waals surface area contributed by atoms with Gasteiger partial charge in [-0.05, 0) is 18.2 Å². The van der Waals surface area contributed by atoms with Crippen molar-refractivity contribution in [3.63, 3.8) is 0 Å². The van der Waals surface area contributed by atoms with Crippen molar-refractivity contribution < 1.29 is 18.3 Å². The first-order chi connectivity index (χ1) is 15.0. The summed E-state index contributed by atoms with van der Waals surface area (Å²) >= 11 is 0. The summed E-state index contributed by atoms with van der Waals surface area (Å²) in [6.45, 7) is 0.960. The number of methoxy groups -OCH3 is 1. The molecule has 2 aromatic carbocycles. The molecule has 0 saturated heterocycles. The number of halogens is 2. The monoisotopic (exact) mass is 422 g/mol. The maximum atomic E-state index is 14.3. The van der Waals surface area contributed by atoms with Crippen LogP contribution in [-0.4, -0.2) is 40.8 Å². The van der Waals surface area contributed by atoms with Crippen LogP contribution in [0.15, 0.2) is 42.5 Å². The van der Waals surface area contributed by atoms with Crippen molar-refractivity contribution in [1.82, 2.24) is 14.7 Å². The van der Waals surface area contributed by atoms with Gasteiger partial charge < -0.3 is 9.64 Å². The molecule has 8 heteroatoms. The highest BCUT2D eigenvalue weighted by atomic mass is 19.1. The van der Waals surface area contributed by atoms with E-state index in [-0.39, 0.29) is 19.1 Å². The van der Waals surface area contributed by atoms with Crippen LogP contribution < -0.4 is 0 Å². The smallest absolute Gasteiger partial charge is 0.248 e. The number of carbonyl (C=O) groups is 1. The van der Waals surface area contributed by atoms with E-state index < -0.39 is 11.6 Å². The molecule has 31 heavy (non-hydrogen) atoms. The normalized spacial score (nSPS) is 13.0. The molecule has 3 aromatic rings. The van der Waals surface area contributed by atoms with Crippen LogP contribution in [0.1, 0.15) is 22.4 Å². The molecule has 0 atom stereocenters. The lowest BCUT2D eigenvalue weighted by Gasteiger charge is -2.28. The topological polar surface area (TPSA) is 71.2 Å². The molecule has 4 rings (SSSR count). The molecule has 6 nitrogen and oxygen atoms in total. The molecule has 1 aliphatic rings. The fourth-order valence-corrected chi connectivity index (χ4v) is 3.83. The molecule has 1 amide bonds. The average Bonchev–Trinajstić information content (AvgIpc) is 3.13. The Labute approximate surface area is 178 Å². The quantitative estimate of drug-likeness (QED) is 0.633. The molecule has 0 bridgehead atoms. The summed E-state index contributed by atoms with van der Waals surface area (Å²) in [5.74, 6) is -1.39. The molecule has 0 radical (unpaired) electrons. The van der Waals surface area contributed by atoms with Crippen LogP contribution in [0.5, 0.6) is 0 Å². The number of nitrogens with zero attached hydrogens (tertiary/aromatic N) is 4. The van der Waals surface area contributed by atoms with Crippen LogP contribution in [0.25, 0.3) is 11.3 Å². The van der Waals surface area contributed by atoms with Crippen LogP contribution >= 0.6 is 0 Å². The summed E-state index contributed by atoms with van der Waals surface area (Å²) in [5.41, 5.74) is 3.95. The second-order valence-corrected chi connectivity index (χ2v) is 7.36. The van der Waals surface area contributed by atoms with E-state index in [0.29, 0.717) is 36.3 Å². The van der Waals surface area contributed by atoms with Crippen LogP contribution in [0, 0.1) is 23.0 Å². The third kappa shape index (κ3) is 4.18. The SMILES string of the molecule is COCC(=O)N1CCc2c(c(-c3cccc(C#N)c3)nn2Cc2ccc(F)cc2F)C1. The van der Waals surface area contributed by atoms with Gasteiger partial charge in [0, 0.05) is 55.1 Å². The number of hydrogen-bond acceptors (Lipinski definition) is 4. The molecule has 0 N–H and O–H groups in total. The first kappa shape index (κ1) is 20.7. The molecular weight excluding hydrogens is 402 g/mol. The number of benzene rings is 2. The van der Waals surface area contributed by atoms with Crippen molar-refractivity contribution >= 4 is 5.91 Å². The number of nitriles is 1. The Balaban J connectivity index is 1.77. The number of hydrogen-bond donors (Lipinski definition) is 0. The molecule has 158 valence electrons. The fraction of sp³-hybridized carbons (Fsp3) is 0.261. The van der Waals surface area contributed by atoms with E-state index in [0.717, 1.165) is 22.9 Å². The van der Waals surface area contributed by atoms with Gasteiger partial charge in [-0.1, -0.05) is 18.2 Å². The number of aromatic nitrogens is 2. The van der Waals surface area contributed by atoms with Gasteiger partial charge in [0.2, 0.25) is 5.91 Å². The van der Waals surface area contributed by atoms with Crippen molar-refractivity contribution in [3.05, 3.63) is 76.5 Å². The third-order valence-corrected chi connectivity index (χ3v) is 5.35. The number of rotatable bonds is 5. The summed E-state index contributed by atoms with van der Waals surface area (Å²) in [6.07, 6.45) is 0.540. The molecule has 1 aliphatic heterocycles. The van der Waals surface area contributed by atoms with Crippen molar-refractivity contribution in [3.8, 4) is 17.3 Å². The Morgan fingerprint density at radius 1 is 1.26 bits per heavy atom. The fourth-order valence-electron chi connectivity index (χ4n) is 3.83. The zero-order valence-electron chi connectivity index (χ0n) is 16.9. The van der Waals surface area contributed by atoms with E-state index in [9.17, 15) is 18.8 Å². The van der Waals surface area contributed by atoms with Crippen molar-refractivity contribution in [2.24, 2.45) is 0 Å². The van der Waals surface area contributed by atoms with E-state index >= 15 is 0 Å². The summed E-state index contributed by atoms with van der Waals surface area (Å²) in [5, 5.41) is 14.0. The summed E-state index contributed by atoms with van der Waals surface area (Å²) in [7, 11) is 1.47. The predicted molar refractivity (Wildman–Crippen MR) is 109 cm³/mol. The lowest BCUT2D eigenvalue weighted by atomic mass is 9.99. The summed E-state index contributed by atoms with van der Waals surface area (Å²) < 4.78 is 34.3. The standard InChI is InChI=1S/C23H20F2N4O2/c1-31-14-22(30)28-8-7-21-19(13-28)23(16-4-2-3-15(9-16)11-26)27-29(21)12-17-5-6-18(24)10-20(17)25/h2-6,9-10H,7-8,12-14H2,1H3. The van der Waals surface area contributed by atoms with Crippen LogP contribution in [-0.2, 0) is 29.0 Å². The number of amides is 1. The van der Waals surface area contributed by atoms with Crippen molar-refractivity contribution in [2.75, 3.05) is 20.3 Å². The first-order valence-corrected chi connectivity index (χ1v) is 9.80. The second kappa shape index (κ2) is 8.66. The van der Waals surface area contributed by atoms with Gasteiger partial charge in [0.15, 0.2) is 0 Å². The van der Waals surface area contributed by atoms with E-state index in [2.05, 4.69) is 6.07 Å². The van der Waals surface area contributed by atoms with Crippen LogP contribution in [0.3, 0.4) is 0 Å². The zero-order valence-corrected chi connectivity index (χ0v) is 16.9. The largest absolute Gasteiger partial charge is 0.375 e. The minimum absolute atomic E-state index is 0.0104. The molecular formula is C23H20F2N4O2. The summed E-state index contributed by atoms with van der Waals surface area (Å²) in [4.78, 5) is 14.1. The Morgan fingerprint density at radius 2 is 2.10 bits per heavy atom. The van der Waals surface area contributed by atoms with Gasteiger partial charge in [-0.3, -0.25) is 9.48 Å². The highest BCUT2D eigenvalue weighted by molar-refractivity contribution is 5.78. The molecule has 0 fully saturated rings. The number of fused-ring (bicyclic) bond motifs is 1. The molecule has 0 saturated carbocycles. The highest BCUT2D eigenvalue weighted by Crippen LogP contribution is 2.31. The van der Waals surface area contributed by atoms with Gasteiger partial charge in [0.25, 0.3) is 0 Å². The van der Waals surface area contributed by atoms with Gasteiger partial charge in [-0.25, -0.2) is 8.78 Å². The van der Waals surface area contributed by atoms with E-state index in [1.165, 1.54) is 19.2 Å². The van der Waals surface area contributed by atoms with Gasteiger partial charge in [-0.15, -0.1) is 0 Å². The van der Waals surface area contributed by atoms with E-state index in [1.54, 1.807) is 27.8 Å². The number of ether oxygens (including phenoxy) is 1. The Hall–Kier alpha value is -3.57. The van der Waals surface area contributed by atoms with Gasteiger partial charge in [0.1, 0.15) is 18.2 Å². The maximum Gasteiger partial charge on any atom is 0.248 e. The minimum Gasteiger partial charge on any atom is -0.375 e. The van der Waals surface area contributed by atoms with Crippen molar-refractivity contribution in [2.45, 2.75) is 19.5 Å². The minimum atomic E-state index is -0.634. The van der Waals surface area contributed by atoms with E-state index in [1.807, 2.05) is 6.07 Å². The maximum absolute atomic E-state index is 14.3. The first-order valence-electron chi connectivity index (χ1n) is 9.80. The molecule has 2 heterocycles. The zero-order chi connectivity index (χ0) is 22.0. The number of carbonyl (C=O) groups excluding carboxylic acids is 1. The lowest BCUT2D eigenvalue weighted by Crippen LogP contribution is -2.38. The van der Waals surface area contributed by atoms with E-state index in [4.69, 9.17) is 9.84 Å². The average molecular weight is 422 g/mol. The van der Waals surface area contributed by atoms with Crippen LogP contribution in [0.4, 0.5) is 8.78 Å². The van der Waals surface area contributed by atoms with Crippen molar-refractivity contribution in [1.29, 1.82) is 5.26 Å². The molecule has 0 spiro atoms. The summed E-state index contributed by atoms with van der Waals surface area (Å²) in [6, 6.07) is 12.7. The highest BCUT2D eigenvalue weighted by Gasteiger charge is 2.28. The Kier molecular flexibility index (Phi) is 5.78. The Morgan fingerprint density at radius 3 is 2.84 bits per heavy atom. The van der Waals surface area contributed by atoms with Gasteiger partial charge in [-0.2, -0.15) is 10.4 Å². The molecule has 0 aliphatic carbocycles. The van der Waals surface area contributed by atoms with Gasteiger partial charge in [0.05, 0.1) is 23.9 Å². The van der Waals surface area contributed by atoms with Gasteiger partial charge >= 0.3 is 0 Å². The van der Waals surface area contributed by atoms with Crippen LogP contribution in [0.2, 0.25) is 0 Å². The second-order valence-electron chi connectivity index (χ2n) is 7.36. The molecule has 1 aromatic heterocycles. The predicted octanol–water partition coefficient (Wildman–Crippen LogP) is 3.28. The third-order valence-electron chi connectivity index (χ3n) is 5.35. The molecule has 0 unspecified atom stereocenters.